The monoisotopic (exact) mass is 340 g/mol. The van der Waals surface area contributed by atoms with Gasteiger partial charge < -0.3 is 10.2 Å². The summed E-state index contributed by atoms with van der Waals surface area (Å²) < 4.78 is 1.21. The normalized spacial score (nSPS) is 12.1. The molecule has 1 rings (SSSR count). The molecular weight excluding hydrogens is 312 g/mol. The molecule has 0 heterocycles. The van der Waals surface area contributed by atoms with Gasteiger partial charge in [0.2, 0.25) is 0 Å². The minimum Gasteiger partial charge on any atom is -0.312 e. The van der Waals surface area contributed by atoms with Crippen molar-refractivity contribution in [3.63, 3.8) is 0 Å². The maximum absolute atomic E-state index is 3.61. The topological polar surface area (TPSA) is 15.3 Å². The second-order valence-corrected chi connectivity index (χ2v) is 7.42. The molecule has 1 N–H and O–H groups in total. The minimum atomic E-state index is 0.246. The lowest BCUT2D eigenvalue weighted by atomic mass is 10.1. The summed E-state index contributed by atoms with van der Waals surface area (Å²) in [5.74, 6) is 0. The van der Waals surface area contributed by atoms with Crippen LogP contribution in [0.25, 0.3) is 0 Å². The Labute approximate surface area is 133 Å². The highest BCUT2D eigenvalue weighted by Crippen LogP contribution is 2.17. The van der Waals surface area contributed by atoms with Crippen molar-refractivity contribution in [2.24, 2.45) is 0 Å². The van der Waals surface area contributed by atoms with E-state index in [4.69, 9.17) is 0 Å². The van der Waals surface area contributed by atoms with Crippen LogP contribution in [-0.4, -0.2) is 30.6 Å². The first-order valence-corrected chi connectivity index (χ1v) is 8.35. The Morgan fingerprint density at radius 1 is 1.10 bits per heavy atom. The Balaban J connectivity index is 2.12. The number of halogens is 1. The molecule has 0 aliphatic rings. The van der Waals surface area contributed by atoms with Crippen molar-refractivity contribution in [1.82, 2.24) is 10.2 Å². The summed E-state index contributed by atoms with van der Waals surface area (Å²) in [7, 11) is 2.20. The molecule has 2 nitrogen and oxygen atoms in total. The van der Waals surface area contributed by atoms with Crippen molar-refractivity contribution in [3.8, 4) is 0 Å². The number of benzene rings is 1. The third-order valence-electron chi connectivity index (χ3n) is 3.27. The van der Waals surface area contributed by atoms with Crippen molar-refractivity contribution < 1.29 is 0 Å². The Bertz CT molecular complexity index is 385. The third-order valence-corrected chi connectivity index (χ3v) is 4.04. The van der Waals surface area contributed by atoms with Gasteiger partial charge in [0.25, 0.3) is 0 Å². The number of unbranched alkanes of at least 4 members (excludes halogenated alkanes) is 2. The molecule has 1 aromatic carbocycles. The molecule has 0 aliphatic carbocycles. The lowest BCUT2D eigenvalue weighted by Gasteiger charge is -2.21. The second-order valence-electron chi connectivity index (χ2n) is 6.57. The number of hydrogen-bond donors (Lipinski definition) is 1. The largest absolute Gasteiger partial charge is 0.312 e. The molecule has 0 radical (unpaired) electrons. The van der Waals surface area contributed by atoms with E-state index in [0.29, 0.717) is 0 Å². The van der Waals surface area contributed by atoms with Gasteiger partial charge in [0.05, 0.1) is 0 Å². The number of nitrogens with one attached hydrogen (secondary N) is 1. The lowest BCUT2D eigenvalue weighted by molar-refractivity contribution is 0.314. The Hall–Kier alpha value is -0.380. The predicted octanol–water partition coefficient (Wildman–Crippen LogP) is 4.44. The van der Waals surface area contributed by atoms with E-state index < -0.39 is 0 Å². The van der Waals surface area contributed by atoms with Gasteiger partial charge in [-0.15, -0.1) is 0 Å². The summed E-state index contributed by atoms with van der Waals surface area (Å²) >= 11 is 3.61. The highest BCUT2D eigenvalue weighted by atomic mass is 79.9. The average Bonchev–Trinajstić information content (AvgIpc) is 2.35. The molecule has 0 saturated carbocycles. The van der Waals surface area contributed by atoms with E-state index in [1.165, 1.54) is 29.3 Å². The third kappa shape index (κ3) is 8.03. The van der Waals surface area contributed by atoms with E-state index in [-0.39, 0.29) is 5.54 Å². The maximum atomic E-state index is 3.61. The van der Waals surface area contributed by atoms with Crippen LogP contribution in [0.15, 0.2) is 28.7 Å². The van der Waals surface area contributed by atoms with Crippen molar-refractivity contribution in [2.45, 2.75) is 52.1 Å². The summed E-state index contributed by atoms with van der Waals surface area (Å²) in [6, 6.07) is 8.47. The molecule has 20 heavy (non-hydrogen) atoms. The van der Waals surface area contributed by atoms with Crippen molar-refractivity contribution in [3.05, 3.63) is 34.3 Å². The highest BCUT2D eigenvalue weighted by molar-refractivity contribution is 9.10. The van der Waals surface area contributed by atoms with Gasteiger partial charge >= 0.3 is 0 Å². The average molecular weight is 341 g/mol. The van der Waals surface area contributed by atoms with E-state index in [0.717, 1.165) is 19.6 Å². The summed E-state index contributed by atoms with van der Waals surface area (Å²) in [5.41, 5.74) is 1.61. The van der Waals surface area contributed by atoms with Crippen molar-refractivity contribution in [2.75, 3.05) is 20.1 Å². The Morgan fingerprint density at radius 2 is 1.80 bits per heavy atom. The fourth-order valence-electron chi connectivity index (χ4n) is 2.14. The minimum absolute atomic E-state index is 0.246. The quantitative estimate of drug-likeness (QED) is 0.703. The molecule has 0 atom stereocenters. The number of nitrogens with zero attached hydrogens (tertiary/aromatic N) is 1. The zero-order valence-electron chi connectivity index (χ0n) is 13.4. The Morgan fingerprint density at radius 3 is 2.45 bits per heavy atom. The van der Waals surface area contributed by atoms with Gasteiger partial charge in [0.1, 0.15) is 0 Å². The fourth-order valence-corrected chi connectivity index (χ4v) is 2.55. The summed E-state index contributed by atoms with van der Waals surface area (Å²) in [5, 5.41) is 3.54. The number of rotatable bonds is 8. The van der Waals surface area contributed by atoms with Crippen LogP contribution < -0.4 is 5.32 Å². The smallest absolute Gasteiger partial charge is 0.0241 e. The lowest BCUT2D eigenvalue weighted by Crippen LogP contribution is -2.36. The SMILES string of the molecule is CN(CCCCCNC(C)(C)C)Cc1ccccc1Br. The van der Waals surface area contributed by atoms with Crippen LogP contribution >= 0.6 is 15.9 Å². The first-order chi connectivity index (χ1) is 9.38. The van der Waals surface area contributed by atoms with Gasteiger partial charge in [-0.3, -0.25) is 0 Å². The van der Waals surface area contributed by atoms with Crippen LogP contribution in [0.5, 0.6) is 0 Å². The first-order valence-electron chi connectivity index (χ1n) is 7.55. The molecule has 0 fully saturated rings. The Kier molecular flexibility index (Phi) is 7.78. The second kappa shape index (κ2) is 8.81. The predicted molar refractivity (Wildman–Crippen MR) is 92.1 cm³/mol. The zero-order valence-corrected chi connectivity index (χ0v) is 15.0. The van der Waals surface area contributed by atoms with Gasteiger partial charge in [-0.25, -0.2) is 0 Å². The first kappa shape index (κ1) is 17.7. The zero-order chi connectivity index (χ0) is 15.0. The van der Waals surface area contributed by atoms with Gasteiger partial charge in [0, 0.05) is 16.6 Å². The van der Waals surface area contributed by atoms with Gasteiger partial charge in [0.15, 0.2) is 0 Å². The molecule has 0 amide bonds. The molecule has 3 heteroatoms. The molecule has 0 spiro atoms. The molecule has 114 valence electrons. The maximum Gasteiger partial charge on any atom is 0.0241 e. The van der Waals surface area contributed by atoms with E-state index in [1.807, 2.05) is 0 Å². The molecule has 0 unspecified atom stereocenters. The molecule has 1 aromatic rings. The van der Waals surface area contributed by atoms with E-state index >= 15 is 0 Å². The summed E-state index contributed by atoms with van der Waals surface area (Å²) in [6.45, 7) is 9.96. The van der Waals surface area contributed by atoms with Crippen molar-refractivity contribution in [1.29, 1.82) is 0 Å². The van der Waals surface area contributed by atoms with Gasteiger partial charge in [-0.2, -0.15) is 0 Å². The molecule has 0 aromatic heterocycles. The molecule has 0 bridgehead atoms. The van der Waals surface area contributed by atoms with Crippen LogP contribution in [0.3, 0.4) is 0 Å². The van der Waals surface area contributed by atoms with E-state index in [2.05, 4.69) is 78.2 Å². The fraction of sp³-hybridized carbons (Fsp3) is 0.647. The van der Waals surface area contributed by atoms with Gasteiger partial charge in [-0.05, 0) is 65.4 Å². The van der Waals surface area contributed by atoms with Crippen LogP contribution in [0.4, 0.5) is 0 Å². The van der Waals surface area contributed by atoms with Gasteiger partial charge in [-0.1, -0.05) is 40.5 Å². The van der Waals surface area contributed by atoms with Crippen LogP contribution in [-0.2, 0) is 6.54 Å². The highest BCUT2D eigenvalue weighted by Gasteiger charge is 2.07. The van der Waals surface area contributed by atoms with Crippen LogP contribution in [0.1, 0.15) is 45.6 Å². The summed E-state index contributed by atoms with van der Waals surface area (Å²) in [6.07, 6.45) is 3.83. The summed E-state index contributed by atoms with van der Waals surface area (Å²) in [4.78, 5) is 2.40. The molecule has 0 saturated heterocycles. The van der Waals surface area contributed by atoms with Crippen molar-refractivity contribution >= 4 is 15.9 Å². The molecular formula is C17H29BrN2. The van der Waals surface area contributed by atoms with E-state index in [9.17, 15) is 0 Å². The molecule has 0 aliphatic heterocycles. The standard InChI is InChI=1S/C17H29BrN2/c1-17(2,3)19-12-8-5-9-13-20(4)14-15-10-6-7-11-16(15)18/h6-7,10-11,19H,5,8-9,12-14H2,1-4H3. The van der Waals surface area contributed by atoms with Crippen LogP contribution in [0, 0.1) is 0 Å². The number of hydrogen-bond acceptors (Lipinski definition) is 2. The van der Waals surface area contributed by atoms with Crippen LogP contribution in [0.2, 0.25) is 0 Å². The van der Waals surface area contributed by atoms with E-state index in [1.54, 1.807) is 0 Å².